The molecule has 3 aromatic rings. The van der Waals surface area contributed by atoms with Gasteiger partial charge < -0.3 is 20.3 Å². The Balaban J connectivity index is 1.25. The second-order valence-electron chi connectivity index (χ2n) is 8.57. The highest BCUT2D eigenvalue weighted by atomic mass is 32.1. The average Bonchev–Trinajstić information content (AvgIpc) is 3.32. The van der Waals surface area contributed by atoms with Crippen molar-refractivity contribution in [3.8, 4) is 0 Å². The van der Waals surface area contributed by atoms with Gasteiger partial charge in [0.25, 0.3) is 0 Å². The van der Waals surface area contributed by atoms with E-state index in [1.165, 1.54) is 32.2 Å². The lowest BCUT2D eigenvalue weighted by Gasteiger charge is -2.29. The normalized spacial score (nSPS) is 15.9. The molecular formula is C25H29N5O2S. The summed E-state index contributed by atoms with van der Waals surface area (Å²) >= 11 is 1.76. The van der Waals surface area contributed by atoms with Crippen LogP contribution in [-0.4, -0.2) is 50.9 Å². The third-order valence-corrected chi connectivity index (χ3v) is 7.48. The van der Waals surface area contributed by atoms with Gasteiger partial charge in [-0.15, -0.1) is 11.3 Å². The van der Waals surface area contributed by atoms with E-state index in [2.05, 4.69) is 46.2 Å². The molecule has 8 heteroatoms. The Morgan fingerprint density at radius 2 is 1.88 bits per heavy atom. The molecule has 0 saturated carbocycles. The van der Waals surface area contributed by atoms with Gasteiger partial charge in [-0.1, -0.05) is 18.2 Å². The van der Waals surface area contributed by atoms with Gasteiger partial charge in [0.05, 0.1) is 13.2 Å². The molecule has 0 aliphatic carbocycles. The van der Waals surface area contributed by atoms with Crippen LogP contribution in [0.1, 0.15) is 21.6 Å². The minimum absolute atomic E-state index is 0.454. The first kappa shape index (κ1) is 21.7. The Morgan fingerprint density at radius 1 is 1.09 bits per heavy atom. The third kappa shape index (κ3) is 4.82. The number of hydrogen-bond acceptors (Lipinski definition) is 6. The number of benzene rings is 2. The molecule has 2 aromatic carbocycles. The second kappa shape index (κ2) is 9.41. The molecule has 33 heavy (non-hydrogen) atoms. The molecule has 1 aromatic heterocycles. The predicted molar refractivity (Wildman–Crippen MR) is 134 cm³/mol. The number of ether oxygens (including phenoxy) is 1. The number of aromatic nitrogens is 1. The Hall–Kier alpha value is -3.10. The molecule has 2 N–H and O–H groups in total. The van der Waals surface area contributed by atoms with Crippen LogP contribution in [0.5, 0.6) is 0 Å². The first-order valence-electron chi connectivity index (χ1n) is 11.3. The smallest absolute Gasteiger partial charge is 0.318 e. The summed E-state index contributed by atoms with van der Waals surface area (Å²) in [4.78, 5) is 23.7. The quantitative estimate of drug-likeness (QED) is 0.625. The van der Waals surface area contributed by atoms with Crippen molar-refractivity contribution in [1.82, 2.24) is 4.98 Å². The third-order valence-electron chi connectivity index (χ3n) is 6.42. The van der Waals surface area contributed by atoms with Gasteiger partial charge in [0, 0.05) is 62.1 Å². The van der Waals surface area contributed by atoms with E-state index in [1.54, 1.807) is 18.4 Å². The first-order valence-corrected chi connectivity index (χ1v) is 12.1. The second-order valence-corrected chi connectivity index (χ2v) is 9.67. The minimum Gasteiger partial charge on any atom is -0.378 e. The van der Waals surface area contributed by atoms with E-state index in [-0.39, 0.29) is 0 Å². The van der Waals surface area contributed by atoms with Gasteiger partial charge in [-0.05, 0) is 47.4 Å². The average molecular weight is 464 g/mol. The standard InChI is InChI=1S/C25H29N5O2S/c1-28(24(26)31)22-7-4-19-8-9-30(17-20(19)15-22)25-27-16-23(33-25)14-18-2-5-21(6-3-18)29-10-12-32-13-11-29/h2-7,15-16H,8-14,17H2,1H3,(H2,26,31). The first-order chi connectivity index (χ1) is 16.1. The van der Waals surface area contributed by atoms with Gasteiger partial charge in [0.1, 0.15) is 0 Å². The van der Waals surface area contributed by atoms with Crippen LogP contribution < -0.4 is 20.4 Å². The Labute approximate surface area is 198 Å². The van der Waals surface area contributed by atoms with Gasteiger partial charge in [-0.3, -0.25) is 4.90 Å². The molecule has 7 nitrogen and oxygen atoms in total. The molecule has 172 valence electrons. The van der Waals surface area contributed by atoms with Gasteiger partial charge >= 0.3 is 6.03 Å². The van der Waals surface area contributed by atoms with E-state index in [9.17, 15) is 4.79 Å². The largest absolute Gasteiger partial charge is 0.378 e. The summed E-state index contributed by atoms with van der Waals surface area (Å²) in [6, 6.07) is 14.5. The van der Waals surface area contributed by atoms with E-state index in [0.717, 1.165) is 63.1 Å². The molecule has 2 amide bonds. The fraction of sp³-hybridized carbons (Fsp3) is 0.360. The number of rotatable bonds is 5. The maximum Gasteiger partial charge on any atom is 0.318 e. The van der Waals surface area contributed by atoms with E-state index >= 15 is 0 Å². The van der Waals surface area contributed by atoms with E-state index in [4.69, 9.17) is 15.5 Å². The highest BCUT2D eigenvalue weighted by Crippen LogP contribution is 2.31. The highest BCUT2D eigenvalue weighted by molar-refractivity contribution is 7.15. The van der Waals surface area contributed by atoms with Crippen molar-refractivity contribution in [3.05, 3.63) is 70.2 Å². The van der Waals surface area contributed by atoms with Crippen molar-refractivity contribution in [2.45, 2.75) is 19.4 Å². The predicted octanol–water partition coefficient (Wildman–Crippen LogP) is 3.65. The summed E-state index contributed by atoms with van der Waals surface area (Å²) in [5.41, 5.74) is 11.4. The summed E-state index contributed by atoms with van der Waals surface area (Å²) in [5, 5.41) is 1.05. The number of carbonyl (C=O) groups excluding carboxylic acids is 1. The summed E-state index contributed by atoms with van der Waals surface area (Å²) < 4.78 is 5.45. The molecule has 1 fully saturated rings. The lowest BCUT2D eigenvalue weighted by atomic mass is 9.99. The summed E-state index contributed by atoms with van der Waals surface area (Å²) in [7, 11) is 1.70. The van der Waals surface area contributed by atoms with Gasteiger partial charge in [0.15, 0.2) is 5.13 Å². The van der Waals surface area contributed by atoms with Crippen LogP contribution in [-0.2, 0) is 24.1 Å². The minimum atomic E-state index is -0.454. The molecular weight excluding hydrogens is 434 g/mol. The molecule has 1 saturated heterocycles. The number of amides is 2. The number of morpholine rings is 1. The van der Waals surface area contributed by atoms with Crippen LogP contribution in [0, 0.1) is 0 Å². The molecule has 0 bridgehead atoms. The SMILES string of the molecule is CN(C(N)=O)c1ccc2c(c1)CN(c1ncc(Cc3ccc(N4CCOCC4)cc3)s1)CC2. The Morgan fingerprint density at radius 3 is 2.64 bits per heavy atom. The summed E-state index contributed by atoms with van der Waals surface area (Å²) in [5.74, 6) is 0. The van der Waals surface area contributed by atoms with Crippen LogP contribution in [0.4, 0.5) is 21.3 Å². The molecule has 2 aliphatic rings. The molecule has 5 rings (SSSR count). The fourth-order valence-corrected chi connectivity index (χ4v) is 5.38. The molecule has 0 unspecified atom stereocenters. The van der Waals surface area contributed by atoms with Crippen molar-refractivity contribution >= 4 is 33.9 Å². The maximum atomic E-state index is 11.5. The topological polar surface area (TPSA) is 74.9 Å². The number of fused-ring (bicyclic) bond motifs is 1. The summed E-state index contributed by atoms with van der Waals surface area (Å²) in [6.07, 6.45) is 3.86. The van der Waals surface area contributed by atoms with Gasteiger partial charge in [0.2, 0.25) is 0 Å². The number of nitrogens with two attached hydrogens (primary N) is 1. The van der Waals surface area contributed by atoms with E-state index in [1.807, 2.05) is 12.3 Å². The number of carbonyl (C=O) groups is 1. The van der Waals surface area contributed by atoms with Crippen molar-refractivity contribution in [2.75, 3.05) is 54.6 Å². The Bertz CT molecular complexity index is 1120. The zero-order chi connectivity index (χ0) is 22.8. The zero-order valence-electron chi connectivity index (χ0n) is 18.9. The van der Waals surface area contributed by atoms with Crippen LogP contribution in [0.25, 0.3) is 0 Å². The number of hydrogen-bond donors (Lipinski definition) is 1. The lowest BCUT2D eigenvalue weighted by molar-refractivity contribution is 0.122. The summed E-state index contributed by atoms with van der Waals surface area (Å²) in [6.45, 7) is 5.24. The zero-order valence-corrected chi connectivity index (χ0v) is 19.7. The number of nitrogens with zero attached hydrogens (tertiary/aromatic N) is 4. The number of thiazole rings is 1. The number of anilines is 3. The van der Waals surface area contributed by atoms with Crippen LogP contribution in [0.2, 0.25) is 0 Å². The molecule has 2 aliphatic heterocycles. The van der Waals surface area contributed by atoms with Crippen molar-refractivity contribution < 1.29 is 9.53 Å². The van der Waals surface area contributed by atoms with Crippen LogP contribution in [0.15, 0.2) is 48.7 Å². The number of urea groups is 1. The Kier molecular flexibility index (Phi) is 6.20. The van der Waals surface area contributed by atoms with E-state index < -0.39 is 6.03 Å². The van der Waals surface area contributed by atoms with Crippen molar-refractivity contribution in [3.63, 3.8) is 0 Å². The van der Waals surface area contributed by atoms with Gasteiger partial charge in [-0.25, -0.2) is 9.78 Å². The van der Waals surface area contributed by atoms with Crippen molar-refractivity contribution in [1.29, 1.82) is 0 Å². The highest BCUT2D eigenvalue weighted by Gasteiger charge is 2.20. The van der Waals surface area contributed by atoms with Crippen LogP contribution in [0.3, 0.4) is 0 Å². The van der Waals surface area contributed by atoms with Crippen molar-refractivity contribution in [2.24, 2.45) is 5.73 Å². The van der Waals surface area contributed by atoms with Gasteiger partial charge in [-0.2, -0.15) is 0 Å². The molecule has 0 spiro atoms. The molecule has 0 radical (unpaired) electrons. The number of primary amides is 1. The fourth-order valence-electron chi connectivity index (χ4n) is 4.42. The maximum absolute atomic E-state index is 11.5. The molecule has 3 heterocycles. The van der Waals surface area contributed by atoms with Crippen LogP contribution >= 0.6 is 11.3 Å². The monoisotopic (exact) mass is 463 g/mol. The van der Waals surface area contributed by atoms with E-state index in [0.29, 0.717) is 0 Å². The lowest BCUT2D eigenvalue weighted by Crippen LogP contribution is -2.36. The molecule has 0 atom stereocenters.